The van der Waals surface area contributed by atoms with E-state index in [9.17, 15) is 4.79 Å². The van der Waals surface area contributed by atoms with Crippen LogP contribution in [0.4, 0.5) is 0 Å². The third-order valence-corrected chi connectivity index (χ3v) is 6.96. The number of aryl methyl sites for hydroxylation is 2. The summed E-state index contributed by atoms with van der Waals surface area (Å²) in [5.41, 5.74) is 9.45. The lowest BCUT2D eigenvalue weighted by Crippen LogP contribution is -2.33. The molecular formula is C28H28O. The molecule has 29 heavy (non-hydrogen) atoms. The van der Waals surface area contributed by atoms with E-state index in [1.165, 1.54) is 33.4 Å². The average molecular weight is 381 g/mol. The number of hydrogen-bond acceptors (Lipinski definition) is 1. The predicted octanol–water partition coefficient (Wildman–Crippen LogP) is 6.49. The largest absolute Gasteiger partial charge is 0.293 e. The smallest absolute Gasteiger partial charge is 0.174 e. The first-order valence-electron chi connectivity index (χ1n) is 10.8. The van der Waals surface area contributed by atoms with Crippen molar-refractivity contribution in [1.29, 1.82) is 0 Å². The van der Waals surface area contributed by atoms with Crippen LogP contribution in [0.5, 0.6) is 0 Å². The highest BCUT2D eigenvalue weighted by Crippen LogP contribution is 2.51. The molecule has 1 nitrogen and oxygen atoms in total. The number of Topliss-reactive ketones (excluding diaryl/α,β-unsaturated/α-hetero) is 1. The molecule has 5 rings (SSSR count). The van der Waals surface area contributed by atoms with Crippen molar-refractivity contribution in [3.63, 3.8) is 0 Å². The van der Waals surface area contributed by atoms with E-state index in [0.29, 0.717) is 11.7 Å². The second kappa shape index (κ2) is 6.69. The monoisotopic (exact) mass is 380 g/mol. The number of benzene rings is 2. The van der Waals surface area contributed by atoms with E-state index < -0.39 is 5.41 Å². The summed E-state index contributed by atoms with van der Waals surface area (Å²) in [5.74, 6) is 0.918. The molecule has 2 unspecified atom stereocenters. The summed E-state index contributed by atoms with van der Waals surface area (Å²) in [5, 5.41) is 0. The fourth-order valence-corrected chi connectivity index (χ4v) is 5.64. The van der Waals surface area contributed by atoms with Gasteiger partial charge < -0.3 is 0 Å². The van der Waals surface area contributed by atoms with Crippen molar-refractivity contribution < 1.29 is 4.79 Å². The predicted molar refractivity (Wildman–Crippen MR) is 119 cm³/mol. The van der Waals surface area contributed by atoms with Gasteiger partial charge in [-0.15, -0.1) is 0 Å². The molecule has 0 saturated heterocycles. The van der Waals surface area contributed by atoms with E-state index in [-0.39, 0.29) is 0 Å². The van der Waals surface area contributed by atoms with Crippen LogP contribution in [0.1, 0.15) is 52.4 Å². The van der Waals surface area contributed by atoms with Gasteiger partial charge >= 0.3 is 0 Å². The second-order valence-corrected chi connectivity index (χ2v) is 9.28. The topological polar surface area (TPSA) is 17.1 Å². The van der Waals surface area contributed by atoms with Gasteiger partial charge in [0.1, 0.15) is 0 Å². The molecule has 3 aliphatic rings. The van der Waals surface area contributed by atoms with E-state index in [1.807, 2.05) is 0 Å². The first kappa shape index (κ1) is 18.4. The Kier molecular flexibility index (Phi) is 4.24. The standard InChI is InChI=1S/C28H28O/c1-18-9-10-22-14-25(15-23(22)12-18)28(16-21-7-5-4-6-8-21)17-24-13-19(2)11-20(3)26(24)27(28)29/h4-8,10-14,18H,9,15-17H2,1-3H3. The molecule has 0 aliphatic heterocycles. The number of carbonyl (C=O) groups excluding carboxylic acids is 1. The van der Waals surface area contributed by atoms with Gasteiger partial charge in [-0.05, 0) is 73.3 Å². The van der Waals surface area contributed by atoms with Crippen LogP contribution in [0.15, 0.2) is 77.4 Å². The molecule has 2 atom stereocenters. The molecular weight excluding hydrogens is 352 g/mol. The van der Waals surface area contributed by atoms with Crippen LogP contribution in [0.25, 0.3) is 0 Å². The molecule has 0 bridgehead atoms. The fraction of sp³-hybridized carbons (Fsp3) is 0.321. The fourth-order valence-electron chi connectivity index (χ4n) is 5.64. The lowest BCUT2D eigenvalue weighted by Gasteiger charge is -2.30. The number of ketones is 1. The zero-order valence-electron chi connectivity index (χ0n) is 17.6. The SMILES string of the molecule is Cc1cc(C)c2c(c1)CC(Cc1ccccc1)(C1=CC3=CCC(C)C=C3C1)C2=O. The summed E-state index contributed by atoms with van der Waals surface area (Å²) >= 11 is 0. The lowest BCUT2D eigenvalue weighted by molar-refractivity contribution is 0.0860. The highest BCUT2D eigenvalue weighted by molar-refractivity contribution is 6.08. The number of allylic oxidation sites excluding steroid dienone is 6. The minimum atomic E-state index is -0.454. The van der Waals surface area contributed by atoms with Gasteiger partial charge in [0.2, 0.25) is 0 Å². The normalized spacial score (nSPS) is 25.3. The van der Waals surface area contributed by atoms with Gasteiger partial charge in [-0.3, -0.25) is 4.79 Å². The van der Waals surface area contributed by atoms with Crippen molar-refractivity contribution in [2.24, 2.45) is 11.3 Å². The summed E-state index contributed by atoms with van der Waals surface area (Å²) in [6, 6.07) is 14.9. The molecule has 0 saturated carbocycles. The van der Waals surface area contributed by atoms with Crippen LogP contribution in [-0.4, -0.2) is 5.78 Å². The molecule has 3 aliphatic carbocycles. The summed E-state index contributed by atoms with van der Waals surface area (Å²) in [7, 11) is 0. The third-order valence-electron chi connectivity index (χ3n) is 6.96. The highest BCUT2D eigenvalue weighted by Gasteiger charge is 2.49. The summed E-state index contributed by atoms with van der Waals surface area (Å²) in [6.07, 6.45) is 10.7. The Morgan fingerprint density at radius 1 is 1.10 bits per heavy atom. The Balaban J connectivity index is 1.64. The van der Waals surface area contributed by atoms with Crippen LogP contribution in [-0.2, 0) is 12.8 Å². The summed E-state index contributed by atoms with van der Waals surface area (Å²) < 4.78 is 0. The molecule has 0 heterocycles. The number of hydrogen-bond donors (Lipinski definition) is 0. The Labute approximate surface area is 173 Å². The van der Waals surface area contributed by atoms with Crippen LogP contribution in [0, 0.1) is 25.2 Å². The van der Waals surface area contributed by atoms with Crippen LogP contribution in [0.2, 0.25) is 0 Å². The van der Waals surface area contributed by atoms with Crippen molar-refractivity contribution in [2.75, 3.05) is 0 Å². The quantitative estimate of drug-likeness (QED) is 0.594. The van der Waals surface area contributed by atoms with Crippen LogP contribution in [0.3, 0.4) is 0 Å². The average Bonchev–Trinajstić information content (AvgIpc) is 3.22. The van der Waals surface area contributed by atoms with Gasteiger partial charge in [0.25, 0.3) is 0 Å². The van der Waals surface area contributed by atoms with E-state index in [1.54, 1.807) is 0 Å². The first-order chi connectivity index (χ1) is 14.0. The maximum atomic E-state index is 14.0. The van der Waals surface area contributed by atoms with Crippen LogP contribution >= 0.6 is 0 Å². The second-order valence-electron chi connectivity index (χ2n) is 9.28. The molecule has 0 amide bonds. The maximum Gasteiger partial charge on any atom is 0.174 e. The van der Waals surface area contributed by atoms with Gasteiger partial charge in [-0.2, -0.15) is 0 Å². The van der Waals surface area contributed by atoms with Gasteiger partial charge in [-0.25, -0.2) is 0 Å². The third kappa shape index (κ3) is 2.95. The molecule has 0 radical (unpaired) electrons. The number of carbonyl (C=O) groups is 1. The summed E-state index contributed by atoms with van der Waals surface area (Å²) in [4.78, 5) is 14.0. The lowest BCUT2D eigenvalue weighted by atomic mass is 9.71. The molecule has 146 valence electrons. The van der Waals surface area contributed by atoms with Crippen molar-refractivity contribution in [3.05, 3.63) is 105 Å². The van der Waals surface area contributed by atoms with Crippen molar-refractivity contribution in [1.82, 2.24) is 0 Å². The molecule has 0 fully saturated rings. The Bertz CT molecular complexity index is 1100. The van der Waals surface area contributed by atoms with E-state index >= 15 is 0 Å². The Hall–Kier alpha value is -2.67. The Morgan fingerprint density at radius 2 is 1.90 bits per heavy atom. The zero-order valence-corrected chi connectivity index (χ0v) is 17.6. The van der Waals surface area contributed by atoms with E-state index in [4.69, 9.17) is 0 Å². The van der Waals surface area contributed by atoms with Crippen molar-refractivity contribution in [3.8, 4) is 0 Å². The van der Waals surface area contributed by atoms with Gasteiger partial charge in [0.05, 0.1) is 5.41 Å². The molecule has 2 aromatic carbocycles. The van der Waals surface area contributed by atoms with Crippen molar-refractivity contribution in [2.45, 2.75) is 46.5 Å². The minimum absolute atomic E-state index is 0.327. The highest BCUT2D eigenvalue weighted by atomic mass is 16.1. The zero-order chi connectivity index (χ0) is 20.2. The molecule has 0 aromatic heterocycles. The number of fused-ring (bicyclic) bond motifs is 2. The molecule has 2 aromatic rings. The molecule has 0 N–H and O–H groups in total. The summed E-state index contributed by atoms with van der Waals surface area (Å²) in [6.45, 7) is 6.51. The molecule has 0 spiro atoms. The van der Waals surface area contributed by atoms with Crippen LogP contribution < -0.4 is 0 Å². The van der Waals surface area contributed by atoms with Crippen molar-refractivity contribution >= 4 is 5.78 Å². The number of rotatable bonds is 3. The van der Waals surface area contributed by atoms with Gasteiger partial charge in [0.15, 0.2) is 5.78 Å². The minimum Gasteiger partial charge on any atom is -0.293 e. The first-order valence-corrected chi connectivity index (χ1v) is 10.8. The van der Waals surface area contributed by atoms with E-state index in [0.717, 1.165) is 36.8 Å². The van der Waals surface area contributed by atoms with Gasteiger partial charge in [-0.1, -0.05) is 78.8 Å². The maximum absolute atomic E-state index is 14.0. The van der Waals surface area contributed by atoms with E-state index in [2.05, 4.69) is 81.5 Å². The molecule has 1 heteroatoms. The van der Waals surface area contributed by atoms with Gasteiger partial charge in [0, 0.05) is 5.56 Å². The Morgan fingerprint density at radius 3 is 2.69 bits per heavy atom.